The standard InChI is InChI=1S/C21H24N4O2S/c1-2-11-24(14-19-22-23-21(27-19)18-10-6-13-28-18)15-20(26)25-12-5-8-16-7-3-4-9-17(16)25/h3-4,6-7,9-10,13H,2,5,8,11-12,14-15H2,1H3. The Labute approximate surface area is 168 Å². The molecule has 1 aliphatic heterocycles. The van der Waals surface area contributed by atoms with Crippen LogP contribution >= 0.6 is 11.3 Å². The minimum atomic E-state index is 0.124. The van der Waals surface area contributed by atoms with Crippen molar-refractivity contribution in [3.8, 4) is 10.8 Å². The lowest BCUT2D eigenvalue weighted by atomic mass is 10.0. The van der Waals surface area contributed by atoms with E-state index in [1.54, 1.807) is 11.3 Å². The van der Waals surface area contributed by atoms with Crippen molar-refractivity contribution < 1.29 is 9.21 Å². The molecule has 0 atom stereocenters. The van der Waals surface area contributed by atoms with E-state index in [4.69, 9.17) is 4.42 Å². The second kappa shape index (κ2) is 8.67. The van der Waals surface area contributed by atoms with Crippen LogP contribution < -0.4 is 4.90 Å². The quantitative estimate of drug-likeness (QED) is 0.604. The van der Waals surface area contributed by atoms with E-state index >= 15 is 0 Å². The summed E-state index contributed by atoms with van der Waals surface area (Å²) in [6.45, 7) is 4.52. The fourth-order valence-corrected chi connectivity index (χ4v) is 4.25. The molecule has 0 N–H and O–H groups in total. The van der Waals surface area contributed by atoms with Crippen LogP contribution in [0.5, 0.6) is 0 Å². The molecule has 146 valence electrons. The van der Waals surface area contributed by atoms with Gasteiger partial charge in [-0.05, 0) is 48.9 Å². The van der Waals surface area contributed by atoms with Crippen LogP contribution in [-0.4, -0.2) is 40.6 Å². The van der Waals surface area contributed by atoms with Crippen LogP contribution in [0.15, 0.2) is 46.2 Å². The molecule has 0 saturated heterocycles. The minimum Gasteiger partial charge on any atom is -0.419 e. The molecule has 0 unspecified atom stereocenters. The van der Waals surface area contributed by atoms with Crippen LogP contribution in [0, 0.1) is 0 Å². The van der Waals surface area contributed by atoms with Crippen LogP contribution in [-0.2, 0) is 17.8 Å². The summed E-state index contributed by atoms with van der Waals surface area (Å²) in [5.41, 5.74) is 2.30. The molecule has 3 aromatic rings. The van der Waals surface area contributed by atoms with Crippen LogP contribution in [0.3, 0.4) is 0 Å². The van der Waals surface area contributed by atoms with E-state index in [1.807, 2.05) is 40.6 Å². The molecule has 3 heterocycles. The highest BCUT2D eigenvalue weighted by molar-refractivity contribution is 7.13. The van der Waals surface area contributed by atoms with Gasteiger partial charge < -0.3 is 9.32 Å². The van der Waals surface area contributed by atoms with Gasteiger partial charge in [-0.2, -0.15) is 0 Å². The first-order valence-corrected chi connectivity index (χ1v) is 10.6. The van der Waals surface area contributed by atoms with E-state index in [9.17, 15) is 4.79 Å². The highest BCUT2D eigenvalue weighted by Gasteiger charge is 2.24. The molecule has 2 aromatic heterocycles. The predicted molar refractivity (Wildman–Crippen MR) is 110 cm³/mol. The van der Waals surface area contributed by atoms with Gasteiger partial charge in [0.15, 0.2) is 0 Å². The highest BCUT2D eigenvalue weighted by atomic mass is 32.1. The smallest absolute Gasteiger partial charge is 0.257 e. The third kappa shape index (κ3) is 4.15. The monoisotopic (exact) mass is 396 g/mol. The number of anilines is 1. The number of thiophene rings is 1. The number of para-hydroxylation sites is 1. The Bertz CT molecular complexity index is 922. The van der Waals surface area contributed by atoms with Crippen molar-refractivity contribution in [3.63, 3.8) is 0 Å². The maximum absolute atomic E-state index is 13.0. The Morgan fingerprint density at radius 1 is 1.25 bits per heavy atom. The molecule has 0 spiro atoms. The lowest BCUT2D eigenvalue weighted by Crippen LogP contribution is -2.42. The number of rotatable bonds is 7. The molecule has 7 heteroatoms. The first kappa shape index (κ1) is 18.8. The number of hydrogen-bond acceptors (Lipinski definition) is 6. The van der Waals surface area contributed by atoms with Crippen LogP contribution in [0.1, 0.15) is 31.2 Å². The van der Waals surface area contributed by atoms with E-state index in [0.29, 0.717) is 24.9 Å². The number of carbonyl (C=O) groups excluding carboxylic acids is 1. The van der Waals surface area contributed by atoms with Gasteiger partial charge in [0.25, 0.3) is 5.89 Å². The Morgan fingerprint density at radius 2 is 2.14 bits per heavy atom. The summed E-state index contributed by atoms with van der Waals surface area (Å²) < 4.78 is 5.81. The number of aromatic nitrogens is 2. The Morgan fingerprint density at radius 3 is 2.96 bits per heavy atom. The summed E-state index contributed by atoms with van der Waals surface area (Å²) in [5, 5.41) is 10.3. The van der Waals surface area contributed by atoms with Gasteiger partial charge in [-0.15, -0.1) is 21.5 Å². The molecule has 0 aliphatic carbocycles. The molecule has 1 amide bonds. The number of benzene rings is 1. The van der Waals surface area contributed by atoms with Crippen LogP contribution in [0.2, 0.25) is 0 Å². The third-order valence-electron chi connectivity index (χ3n) is 4.87. The summed E-state index contributed by atoms with van der Waals surface area (Å²) >= 11 is 1.57. The molecular weight excluding hydrogens is 372 g/mol. The number of amides is 1. The molecule has 0 fully saturated rings. The lowest BCUT2D eigenvalue weighted by Gasteiger charge is -2.31. The zero-order chi connectivity index (χ0) is 19.3. The maximum Gasteiger partial charge on any atom is 0.257 e. The third-order valence-corrected chi connectivity index (χ3v) is 5.73. The van der Waals surface area contributed by atoms with E-state index < -0.39 is 0 Å². The van der Waals surface area contributed by atoms with Gasteiger partial charge in [0.05, 0.1) is 18.0 Å². The number of nitrogens with zero attached hydrogens (tertiary/aromatic N) is 4. The van der Waals surface area contributed by atoms with Gasteiger partial charge >= 0.3 is 0 Å². The molecular formula is C21H24N4O2S. The highest BCUT2D eigenvalue weighted by Crippen LogP contribution is 2.27. The molecule has 28 heavy (non-hydrogen) atoms. The zero-order valence-corrected chi connectivity index (χ0v) is 16.8. The van der Waals surface area contributed by atoms with E-state index in [0.717, 1.165) is 42.9 Å². The summed E-state index contributed by atoms with van der Waals surface area (Å²) in [6, 6.07) is 12.1. The fourth-order valence-electron chi connectivity index (χ4n) is 3.61. The average Bonchev–Trinajstić information content (AvgIpc) is 3.39. The van der Waals surface area contributed by atoms with Crippen molar-refractivity contribution in [2.24, 2.45) is 0 Å². The van der Waals surface area contributed by atoms with Crippen molar-refractivity contribution >= 4 is 22.9 Å². The van der Waals surface area contributed by atoms with Crippen molar-refractivity contribution in [1.82, 2.24) is 15.1 Å². The van der Waals surface area contributed by atoms with Gasteiger partial charge in [0.1, 0.15) is 0 Å². The number of hydrogen-bond donors (Lipinski definition) is 0. The van der Waals surface area contributed by atoms with Crippen LogP contribution in [0.4, 0.5) is 5.69 Å². The Balaban J connectivity index is 1.45. The summed E-state index contributed by atoms with van der Waals surface area (Å²) in [7, 11) is 0. The van der Waals surface area contributed by atoms with Gasteiger partial charge in [-0.3, -0.25) is 9.69 Å². The normalized spacial score (nSPS) is 13.7. The van der Waals surface area contributed by atoms with Gasteiger partial charge in [0.2, 0.25) is 11.8 Å². The first-order chi connectivity index (χ1) is 13.7. The second-order valence-electron chi connectivity index (χ2n) is 6.97. The van der Waals surface area contributed by atoms with E-state index in [2.05, 4.69) is 28.1 Å². The number of fused-ring (bicyclic) bond motifs is 1. The molecule has 4 rings (SSSR count). The molecule has 0 saturated carbocycles. The molecule has 6 nitrogen and oxygen atoms in total. The summed E-state index contributed by atoms with van der Waals surface area (Å²) in [5.74, 6) is 1.21. The molecule has 1 aromatic carbocycles. The molecule has 1 aliphatic rings. The lowest BCUT2D eigenvalue weighted by molar-refractivity contribution is -0.120. The van der Waals surface area contributed by atoms with E-state index in [1.165, 1.54) is 5.56 Å². The SMILES string of the molecule is CCCN(CC(=O)N1CCCc2ccccc21)Cc1nnc(-c2cccs2)o1. The minimum absolute atomic E-state index is 0.124. The Kier molecular flexibility index (Phi) is 5.83. The topological polar surface area (TPSA) is 62.5 Å². The zero-order valence-electron chi connectivity index (χ0n) is 16.0. The van der Waals surface area contributed by atoms with Gasteiger partial charge in [-0.25, -0.2) is 0 Å². The fraction of sp³-hybridized carbons (Fsp3) is 0.381. The first-order valence-electron chi connectivity index (χ1n) is 9.71. The summed E-state index contributed by atoms with van der Waals surface area (Å²) in [6.07, 6.45) is 2.99. The molecule has 0 radical (unpaired) electrons. The Hall–Kier alpha value is -2.51. The van der Waals surface area contributed by atoms with Gasteiger partial charge in [-0.1, -0.05) is 31.2 Å². The number of aryl methyl sites for hydroxylation is 1. The maximum atomic E-state index is 13.0. The van der Waals surface area contributed by atoms with Crippen molar-refractivity contribution in [2.75, 3.05) is 24.5 Å². The molecule has 0 bridgehead atoms. The van der Waals surface area contributed by atoms with Gasteiger partial charge in [0, 0.05) is 12.2 Å². The van der Waals surface area contributed by atoms with E-state index in [-0.39, 0.29) is 5.91 Å². The van der Waals surface area contributed by atoms with Crippen molar-refractivity contribution in [3.05, 3.63) is 53.2 Å². The largest absolute Gasteiger partial charge is 0.419 e. The summed E-state index contributed by atoms with van der Waals surface area (Å²) in [4.78, 5) is 18.0. The second-order valence-corrected chi connectivity index (χ2v) is 7.91. The number of carbonyl (C=O) groups is 1. The van der Waals surface area contributed by atoms with Crippen molar-refractivity contribution in [2.45, 2.75) is 32.7 Å². The van der Waals surface area contributed by atoms with Crippen LogP contribution in [0.25, 0.3) is 10.8 Å². The van der Waals surface area contributed by atoms with Crippen molar-refractivity contribution in [1.29, 1.82) is 0 Å². The predicted octanol–water partition coefficient (Wildman–Crippen LogP) is 3.99. The average molecular weight is 397 g/mol.